The summed E-state index contributed by atoms with van der Waals surface area (Å²) in [6, 6.07) is 7.03. The molecular weight excluding hydrogens is 248 g/mol. The lowest BCUT2D eigenvalue weighted by atomic mass is 10.0. The summed E-state index contributed by atoms with van der Waals surface area (Å²) < 4.78 is 21.3. The highest BCUT2D eigenvalue weighted by Crippen LogP contribution is 2.37. The molecule has 0 aliphatic heterocycles. The van der Waals surface area contributed by atoms with E-state index in [1.54, 1.807) is 25.1 Å². The second-order valence-corrected chi connectivity index (χ2v) is 7.42. The predicted octanol–water partition coefficient (Wildman–Crippen LogP) is 2.03. The zero-order chi connectivity index (χ0) is 12.6. The average molecular weight is 263 g/mol. The molecule has 5 heteroatoms. The lowest BCUT2D eigenvalue weighted by Gasteiger charge is -2.27. The maximum absolute atomic E-state index is 11.5. The van der Waals surface area contributed by atoms with Crippen molar-refractivity contribution < 1.29 is 13.5 Å². The minimum Gasteiger partial charge on any atom is -0.385 e. The zero-order valence-electron chi connectivity index (χ0n) is 9.44. The van der Waals surface area contributed by atoms with Gasteiger partial charge in [-0.05, 0) is 25.0 Å². The van der Waals surface area contributed by atoms with Gasteiger partial charge >= 0.3 is 0 Å². The summed E-state index contributed by atoms with van der Waals surface area (Å²) in [6.45, 7) is 3.11. The van der Waals surface area contributed by atoms with Crippen LogP contribution in [0.15, 0.2) is 24.3 Å². The topological polar surface area (TPSA) is 54.4 Å². The van der Waals surface area contributed by atoms with Crippen molar-refractivity contribution in [2.75, 3.05) is 6.26 Å². The molecule has 1 rings (SSSR count). The Morgan fingerprint density at radius 2 is 1.88 bits per heavy atom. The van der Waals surface area contributed by atoms with E-state index in [1.807, 2.05) is 6.07 Å². The first-order valence-electron chi connectivity index (χ1n) is 4.80. The number of sulfone groups is 1. The van der Waals surface area contributed by atoms with Crippen LogP contribution in [0.25, 0.3) is 0 Å². The predicted molar refractivity (Wildman–Crippen MR) is 65.2 cm³/mol. The van der Waals surface area contributed by atoms with Gasteiger partial charge in [0.1, 0.15) is 6.10 Å². The molecule has 90 valence electrons. The maximum atomic E-state index is 11.5. The van der Waals surface area contributed by atoms with Crippen molar-refractivity contribution in [1.82, 2.24) is 0 Å². The smallest absolute Gasteiger partial charge is 0.172 e. The summed E-state index contributed by atoms with van der Waals surface area (Å²) >= 11 is 5.93. The third-order valence-corrected chi connectivity index (χ3v) is 5.42. The minimum atomic E-state index is -3.55. The van der Waals surface area contributed by atoms with Crippen molar-refractivity contribution >= 4 is 21.4 Å². The summed E-state index contributed by atoms with van der Waals surface area (Å²) in [5.41, 5.74) is 1.34. The van der Waals surface area contributed by atoms with Gasteiger partial charge < -0.3 is 5.11 Å². The van der Waals surface area contributed by atoms with Crippen LogP contribution >= 0.6 is 11.6 Å². The Kier molecular flexibility index (Phi) is 3.67. The summed E-state index contributed by atoms with van der Waals surface area (Å²) in [5, 5.41) is 10.1. The van der Waals surface area contributed by atoms with Gasteiger partial charge in [0.15, 0.2) is 14.0 Å². The molecule has 0 aliphatic rings. The van der Waals surface area contributed by atoms with Gasteiger partial charge in [-0.25, -0.2) is 8.42 Å². The number of benzene rings is 1. The lowest BCUT2D eigenvalue weighted by molar-refractivity contribution is 0.162. The van der Waals surface area contributed by atoms with Gasteiger partial charge in [0, 0.05) is 6.26 Å². The maximum Gasteiger partial charge on any atom is 0.172 e. The van der Waals surface area contributed by atoms with Gasteiger partial charge in [0.2, 0.25) is 0 Å². The van der Waals surface area contributed by atoms with Gasteiger partial charge in [0.25, 0.3) is 0 Å². The number of aliphatic hydroxyl groups excluding tert-OH is 1. The molecule has 0 radical (unpaired) electrons. The third-order valence-electron chi connectivity index (χ3n) is 2.70. The molecule has 2 atom stereocenters. The normalized spacial score (nSPS) is 17.8. The SMILES string of the molecule is Cc1ccccc1[C@@H](O)[C@](C)(Cl)S(C)(=O)=O. The Hall–Kier alpha value is -0.580. The molecule has 0 spiro atoms. The van der Waals surface area contributed by atoms with Crippen LogP contribution < -0.4 is 0 Å². The number of aliphatic hydroxyl groups is 1. The van der Waals surface area contributed by atoms with E-state index in [2.05, 4.69) is 0 Å². The summed E-state index contributed by atoms with van der Waals surface area (Å²) in [7, 11) is -3.55. The fourth-order valence-corrected chi connectivity index (χ4v) is 2.02. The molecule has 16 heavy (non-hydrogen) atoms. The van der Waals surface area contributed by atoms with Gasteiger partial charge in [-0.3, -0.25) is 0 Å². The quantitative estimate of drug-likeness (QED) is 0.848. The second-order valence-electron chi connectivity index (χ2n) is 4.02. The van der Waals surface area contributed by atoms with Gasteiger partial charge in [0.05, 0.1) is 0 Å². The van der Waals surface area contributed by atoms with Gasteiger partial charge in [-0.15, -0.1) is 0 Å². The van der Waals surface area contributed by atoms with Crippen molar-refractivity contribution in [2.24, 2.45) is 0 Å². The number of hydrogen-bond acceptors (Lipinski definition) is 3. The number of alkyl halides is 1. The molecule has 0 heterocycles. The van der Waals surface area contributed by atoms with Crippen molar-refractivity contribution in [3.63, 3.8) is 0 Å². The van der Waals surface area contributed by atoms with Crippen LogP contribution in [0.3, 0.4) is 0 Å². The molecule has 0 saturated heterocycles. The summed E-state index contributed by atoms with van der Waals surface area (Å²) in [4.78, 5) is 0. The summed E-state index contributed by atoms with van der Waals surface area (Å²) in [6.07, 6.45) is -0.230. The van der Waals surface area contributed by atoms with Crippen LogP contribution in [-0.4, -0.2) is 24.0 Å². The van der Waals surface area contributed by atoms with Crippen LogP contribution in [0.1, 0.15) is 24.2 Å². The molecule has 1 aromatic carbocycles. The largest absolute Gasteiger partial charge is 0.385 e. The van der Waals surface area contributed by atoms with Crippen molar-refractivity contribution in [3.05, 3.63) is 35.4 Å². The first kappa shape index (κ1) is 13.5. The number of rotatable bonds is 3. The zero-order valence-corrected chi connectivity index (χ0v) is 11.0. The van der Waals surface area contributed by atoms with Crippen LogP contribution in [-0.2, 0) is 9.84 Å². The van der Waals surface area contributed by atoms with E-state index in [4.69, 9.17) is 11.6 Å². The van der Waals surface area contributed by atoms with E-state index < -0.39 is 20.1 Å². The Morgan fingerprint density at radius 3 is 2.31 bits per heavy atom. The number of hydrogen-bond donors (Lipinski definition) is 1. The third kappa shape index (κ3) is 2.39. The van der Waals surface area contributed by atoms with Crippen LogP contribution in [0.2, 0.25) is 0 Å². The monoisotopic (exact) mass is 262 g/mol. The first-order valence-corrected chi connectivity index (χ1v) is 7.07. The molecular formula is C11H15ClO3S. The molecule has 0 unspecified atom stereocenters. The van der Waals surface area contributed by atoms with E-state index in [9.17, 15) is 13.5 Å². The molecule has 0 aromatic heterocycles. The molecule has 1 aromatic rings. The fourth-order valence-electron chi connectivity index (χ4n) is 1.37. The van der Waals surface area contributed by atoms with E-state index in [-0.39, 0.29) is 0 Å². The molecule has 0 aliphatic carbocycles. The Morgan fingerprint density at radius 1 is 1.38 bits per heavy atom. The van der Waals surface area contributed by atoms with Crippen molar-refractivity contribution in [2.45, 2.75) is 24.2 Å². The van der Waals surface area contributed by atoms with E-state index >= 15 is 0 Å². The Balaban J connectivity index is 3.23. The standard InChI is InChI=1S/C11H15ClO3S/c1-8-6-4-5-7-9(8)10(13)11(2,12)16(3,14)15/h4-7,10,13H,1-3H3/t10-,11-/m1/s1. The fraction of sp³-hybridized carbons (Fsp3) is 0.455. The molecule has 3 nitrogen and oxygen atoms in total. The lowest BCUT2D eigenvalue weighted by Crippen LogP contribution is -2.35. The molecule has 0 fully saturated rings. The van der Waals surface area contributed by atoms with E-state index in [0.717, 1.165) is 11.8 Å². The number of aryl methyl sites for hydroxylation is 1. The first-order chi connectivity index (χ1) is 7.18. The Labute approximate surface area is 101 Å². The molecule has 0 saturated carbocycles. The van der Waals surface area contributed by atoms with E-state index in [1.165, 1.54) is 6.92 Å². The van der Waals surface area contributed by atoms with Gasteiger partial charge in [-0.2, -0.15) is 0 Å². The Bertz CT molecular complexity index is 480. The molecule has 0 amide bonds. The summed E-state index contributed by atoms with van der Waals surface area (Å²) in [5.74, 6) is 0. The highest BCUT2D eigenvalue weighted by molar-refractivity contribution is 7.93. The van der Waals surface area contributed by atoms with Crippen LogP contribution in [0, 0.1) is 6.92 Å². The highest BCUT2D eigenvalue weighted by atomic mass is 35.5. The molecule has 1 N–H and O–H groups in total. The van der Waals surface area contributed by atoms with Crippen LogP contribution in [0.4, 0.5) is 0 Å². The minimum absolute atomic E-state index is 0.533. The second kappa shape index (κ2) is 4.35. The average Bonchev–Trinajstić information content (AvgIpc) is 2.15. The van der Waals surface area contributed by atoms with E-state index in [0.29, 0.717) is 5.56 Å². The van der Waals surface area contributed by atoms with Gasteiger partial charge in [-0.1, -0.05) is 35.9 Å². The van der Waals surface area contributed by atoms with Crippen LogP contribution in [0.5, 0.6) is 0 Å². The number of halogens is 1. The molecule has 0 bridgehead atoms. The van der Waals surface area contributed by atoms with Crippen molar-refractivity contribution in [3.8, 4) is 0 Å². The highest BCUT2D eigenvalue weighted by Gasteiger charge is 2.42. The van der Waals surface area contributed by atoms with Crippen molar-refractivity contribution in [1.29, 1.82) is 0 Å².